The Labute approximate surface area is 251 Å². The standard InChI is InChI=1S/C20H31N3O.3C2HF3O2/c1-22-13-19(15-24-14-17-4-5-17)20(16-22)6-9-23(10-7-20)12-18-3-2-8-21-11-18;3*3-2(4,5)1(6)7/h2-3,8,11,17,19H,4-7,9-10,12-16H2,1H3;3*(H,6,7). The lowest BCUT2D eigenvalue weighted by Crippen LogP contribution is -2.44. The third kappa shape index (κ3) is 15.6. The van der Waals surface area contributed by atoms with E-state index in [4.69, 9.17) is 34.4 Å². The molecule has 10 nitrogen and oxygen atoms in total. The minimum atomic E-state index is -5.08. The number of hydrogen-bond donors (Lipinski definition) is 3. The summed E-state index contributed by atoms with van der Waals surface area (Å²) in [4.78, 5) is 36.1. The molecule has 1 spiro atoms. The second-order valence-electron chi connectivity index (χ2n) is 10.8. The van der Waals surface area contributed by atoms with Crippen LogP contribution in [0.3, 0.4) is 0 Å². The first-order chi connectivity index (χ1) is 20.6. The summed E-state index contributed by atoms with van der Waals surface area (Å²) in [5.41, 5.74) is 1.82. The lowest BCUT2D eigenvalue weighted by atomic mass is 9.71. The smallest absolute Gasteiger partial charge is 0.475 e. The fourth-order valence-corrected chi connectivity index (χ4v) is 4.66. The number of ether oxygens (including phenoxy) is 1. The van der Waals surface area contributed by atoms with E-state index in [1.807, 2.05) is 18.5 Å². The van der Waals surface area contributed by atoms with Crippen molar-refractivity contribution in [2.24, 2.45) is 17.3 Å². The first-order valence-electron chi connectivity index (χ1n) is 13.3. The van der Waals surface area contributed by atoms with Crippen LogP contribution < -0.4 is 0 Å². The van der Waals surface area contributed by atoms with Crippen LogP contribution in [0, 0.1) is 17.3 Å². The zero-order chi connectivity index (χ0) is 34.6. The van der Waals surface area contributed by atoms with E-state index in [1.54, 1.807) is 0 Å². The van der Waals surface area contributed by atoms with Gasteiger partial charge in [0.05, 0.1) is 6.61 Å². The van der Waals surface area contributed by atoms with Crippen LogP contribution in [-0.2, 0) is 25.7 Å². The summed E-state index contributed by atoms with van der Waals surface area (Å²) in [7, 11) is 2.28. The number of carbonyl (C=O) groups is 3. The van der Waals surface area contributed by atoms with E-state index in [0.29, 0.717) is 5.41 Å². The number of nitrogens with zero attached hydrogens (tertiary/aromatic N) is 3. The first kappa shape index (κ1) is 39.8. The van der Waals surface area contributed by atoms with Gasteiger partial charge in [-0.3, -0.25) is 9.88 Å². The molecule has 0 radical (unpaired) electrons. The van der Waals surface area contributed by atoms with Gasteiger partial charge in [-0.15, -0.1) is 0 Å². The number of alkyl halides is 9. The van der Waals surface area contributed by atoms with Gasteiger partial charge in [-0.2, -0.15) is 39.5 Å². The zero-order valence-corrected chi connectivity index (χ0v) is 24.0. The number of piperidine rings is 1. The van der Waals surface area contributed by atoms with Crippen molar-refractivity contribution in [3.8, 4) is 0 Å². The largest absolute Gasteiger partial charge is 0.490 e. The normalized spacial score (nSPS) is 20.1. The van der Waals surface area contributed by atoms with Crippen LogP contribution in [0.2, 0.25) is 0 Å². The molecule has 1 saturated carbocycles. The summed E-state index contributed by atoms with van der Waals surface area (Å²) in [6, 6.07) is 4.23. The number of carboxylic acids is 3. The Hall–Kier alpha value is -3.19. The van der Waals surface area contributed by atoms with Crippen LogP contribution in [0.5, 0.6) is 0 Å². The summed E-state index contributed by atoms with van der Waals surface area (Å²) in [5, 5.41) is 21.4. The highest BCUT2D eigenvalue weighted by atomic mass is 19.4. The van der Waals surface area contributed by atoms with Gasteiger partial charge in [0.2, 0.25) is 0 Å². The number of aromatic nitrogens is 1. The van der Waals surface area contributed by atoms with E-state index in [1.165, 1.54) is 57.4 Å². The van der Waals surface area contributed by atoms with Crippen molar-refractivity contribution in [1.29, 1.82) is 0 Å². The van der Waals surface area contributed by atoms with Gasteiger partial charge >= 0.3 is 36.4 Å². The fourth-order valence-electron chi connectivity index (χ4n) is 4.66. The van der Waals surface area contributed by atoms with Crippen molar-refractivity contribution in [3.05, 3.63) is 30.1 Å². The summed E-state index contributed by atoms with van der Waals surface area (Å²) in [5.74, 6) is -6.67. The second kappa shape index (κ2) is 16.9. The number of halogens is 9. The zero-order valence-electron chi connectivity index (χ0n) is 24.0. The van der Waals surface area contributed by atoms with Crippen molar-refractivity contribution in [2.75, 3.05) is 46.4 Å². The molecule has 3 aliphatic rings. The van der Waals surface area contributed by atoms with E-state index in [-0.39, 0.29) is 0 Å². The highest BCUT2D eigenvalue weighted by Crippen LogP contribution is 2.44. The van der Waals surface area contributed by atoms with Crippen molar-refractivity contribution in [1.82, 2.24) is 14.8 Å². The molecule has 258 valence electrons. The van der Waals surface area contributed by atoms with Crippen LogP contribution >= 0.6 is 0 Å². The van der Waals surface area contributed by atoms with E-state index < -0.39 is 36.4 Å². The number of hydrogen-bond acceptors (Lipinski definition) is 7. The van der Waals surface area contributed by atoms with Gasteiger partial charge in [0.25, 0.3) is 0 Å². The molecule has 2 aliphatic heterocycles. The third-order valence-electron chi connectivity index (χ3n) is 7.06. The molecule has 1 aliphatic carbocycles. The predicted molar refractivity (Wildman–Crippen MR) is 137 cm³/mol. The number of rotatable bonds is 6. The van der Waals surface area contributed by atoms with Crippen LogP contribution in [0.25, 0.3) is 0 Å². The molecule has 1 atom stereocenters. The van der Waals surface area contributed by atoms with Gasteiger partial charge in [-0.05, 0) is 68.8 Å². The van der Waals surface area contributed by atoms with Gasteiger partial charge in [0.15, 0.2) is 0 Å². The van der Waals surface area contributed by atoms with Crippen LogP contribution in [0.15, 0.2) is 24.5 Å². The van der Waals surface area contributed by atoms with Gasteiger partial charge in [0.1, 0.15) is 0 Å². The molecule has 1 unspecified atom stereocenters. The van der Waals surface area contributed by atoms with Crippen molar-refractivity contribution >= 4 is 17.9 Å². The Balaban J connectivity index is 0.000000396. The number of carboxylic acid groups (broad SMARTS) is 3. The molecule has 45 heavy (non-hydrogen) atoms. The highest BCUT2D eigenvalue weighted by Gasteiger charge is 2.47. The minimum absolute atomic E-state index is 0.490. The molecule has 3 N–H and O–H groups in total. The van der Waals surface area contributed by atoms with E-state index in [0.717, 1.165) is 31.6 Å². The monoisotopic (exact) mass is 671 g/mol. The first-order valence-corrected chi connectivity index (χ1v) is 13.3. The van der Waals surface area contributed by atoms with Crippen molar-refractivity contribution < 1.29 is 74.0 Å². The molecule has 1 aromatic heterocycles. The maximum Gasteiger partial charge on any atom is 0.490 e. The van der Waals surface area contributed by atoms with E-state index in [9.17, 15) is 39.5 Å². The fraction of sp³-hybridized carbons (Fsp3) is 0.692. The maximum atomic E-state index is 10.6. The molecule has 1 aromatic rings. The number of likely N-dealkylation sites (tertiary alicyclic amines) is 2. The van der Waals surface area contributed by atoms with Crippen LogP contribution in [-0.4, -0.2) is 113 Å². The van der Waals surface area contributed by atoms with E-state index >= 15 is 0 Å². The Kier molecular flexibility index (Phi) is 15.0. The summed E-state index contributed by atoms with van der Waals surface area (Å²) >= 11 is 0. The molecular formula is C26H34F9N3O7. The lowest BCUT2D eigenvalue weighted by molar-refractivity contribution is -0.193. The quantitative estimate of drug-likeness (QED) is 0.369. The average Bonchev–Trinajstić information content (AvgIpc) is 3.68. The van der Waals surface area contributed by atoms with Gasteiger partial charge in [-0.1, -0.05) is 6.07 Å². The highest BCUT2D eigenvalue weighted by molar-refractivity contribution is 5.73. The minimum Gasteiger partial charge on any atom is -0.475 e. The Morgan fingerprint density at radius 1 is 0.889 bits per heavy atom. The van der Waals surface area contributed by atoms with Gasteiger partial charge < -0.3 is 25.0 Å². The van der Waals surface area contributed by atoms with Crippen LogP contribution in [0.1, 0.15) is 31.2 Å². The molecule has 2 saturated heterocycles. The topological polar surface area (TPSA) is 140 Å². The molecule has 0 amide bonds. The van der Waals surface area contributed by atoms with Crippen molar-refractivity contribution in [2.45, 2.75) is 50.8 Å². The third-order valence-corrected chi connectivity index (χ3v) is 7.06. The second-order valence-corrected chi connectivity index (χ2v) is 10.8. The summed E-state index contributed by atoms with van der Waals surface area (Å²) in [6.45, 7) is 7.91. The number of aliphatic carboxylic acids is 3. The van der Waals surface area contributed by atoms with Crippen molar-refractivity contribution in [3.63, 3.8) is 0 Å². The van der Waals surface area contributed by atoms with Gasteiger partial charge in [-0.25, -0.2) is 14.4 Å². The molecule has 0 bridgehead atoms. The molecule has 3 heterocycles. The summed E-state index contributed by atoms with van der Waals surface area (Å²) in [6.07, 6.45) is -5.99. The average molecular weight is 672 g/mol. The SMILES string of the molecule is CN1CC(COCC2CC2)C2(CCN(Cc3cccnc3)CC2)C1.O=C(O)C(F)(F)F.O=C(O)C(F)(F)F.O=C(O)C(F)(F)F. The molecular weight excluding hydrogens is 637 g/mol. The molecule has 4 rings (SSSR count). The predicted octanol–water partition coefficient (Wildman–Crippen LogP) is 4.55. The molecule has 0 aromatic carbocycles. The Morgan fingerprint density at radius 2 is 1.36 bits per heavy atom. The Bertz CT molecular complexity index is 1020. The van der Waals surface area contributed by atoms with Crippen LogP contribution in [0.4, 0.5) is 39.5 Å². The summed E-state index contributed by atoms with van der Waals surface area (Å²) < 4.78 is 101. The maximum absolute atomic E-state index is 10.6. The number of pyridine rings is 1. The molecule has 3 fully saturated rings. The Morgan fingerprint density at radius 3 is 1.73 bits per heavy atom. The van der Waals surface area contributed by atoms with Gasteiger partial charge in [0, 0.05) is 44.6 Å². The molecule has 19 heteroatoms. The van der Waals surface area contributed by atoms with E-state index in [2.05, 4.69) is 27.9 Å². The lowest BCUT2D eigenvalue weighted by Gasteiger charge is -2.42.